The molecule has 2 aromatic carbocycles. The smallest absolute Gasteiger partial charge is 0.335 e. The fourth-order valence-corrected chi connectivity index (χ4v) is 1.95. The molecule has 20 heavy (non-hydrogen) atoms. The van der Waals surface area contributed by atoms with E-state index in [9.17, 15) is 14.0 Å². The highest BCUT2D eigenvalue weighted by molar-refractivity contribution is 6.33. The minimum atomic E-state index is -1.21. The summed E-state index contributed by atoms with van der Waals surface area (Å²) >= 11 is 5.93. The number of rotatable bonds is 3. The Hall–Kier alpha value is -2.40. The molecule has 6 heteroatoms. The van der Waals surface area contributed by atoms with E-state index in [0.717, 1.165) is 18.2 Å². The fourth-order valence-electron chi connectivity index (χ4n) is 1.73. The summed E-state index contributed by atoms with van der Waals surface area (Å²) in [5.41, 5.74) is -0.104. The van der Waals surface area contributed by atoms with Gasteiger partial charge in [-0.15, -0.1) is 0 Å². The van der Waals surface area contributed by atoms with E-state index in [0.29, 0.717) is 0 Å². The third-order valence-electron chi connectivity index (χ3n) is 2.72. The van der Waals surface area contributed by atoms with E-state index in [1.54, 1.807) is 0 Å². The van der Waals surface area contributed by atoms with Crippen molar-refractivity contribution in [3.05, 3.63) is 58.4 Å². The van der Waals surface area contributed by atoms with Crippen LogP contribution in [0.2, 0.25) is 5.02 Å². The van der Waals surface area contributed by atoms with Gasteiger partial charge in [0.25, 0.3) is 0 Å². The third-order valence-corrected chi connectivity index (χ3v) is 3.05. The van der Waals surface area contributed by atoms with E-state index < -0.39 is 17.8 Å². The zero-order chi connectivity index (χ0) is 14.9. The number of carbonyl (C=O) groups is 2. The molecule has 2 N–H and O–H groups in total. The average molecular weight is 295 g/mol. The van der Waals surface area contributed by atoms with Crippen molar-refractivity contribution in [1.29, 1.82) is 0 Å². The monoisotopic (exact) mass is 294 g/mol. The molecule has 0 unspecified atom stereocenters. The lowest BCUT2D eigenvalue weighted by molar-refractivity contribution is 0.0686. The summed E-state index contributed by atoms with van der Waals surface area (Å²) in [6.07, 6.45) is 0. The van der Waals surface area contributed by atoms with Crippen LogP contribution in [0.3, 0.4) is 0 Å². The van der Waals surface area contributed by atoms with Gasteiger partial charge in [0.05, 0.1) is 11.1 Å². The Labute approximate surface area is 118 Å². The van der Waals surface area contributed by atoms with Gasteiger partial charge in [-0.1, -0.05) is 11.6 Å². The summed E-state index contributed by atoms with van der Waals surface area (Å²) < 4.78 is 13.8. The molecule has 0 atom stereocenters. The molecule has 0 aliphatic carbocycles. The van der Waals surface area contributed by atoms with Gasteiger partial charge in [0.15, 0.2) is 0 Å². The van der Waals surface area contributed by atoms with Crippen LogP contribution in [-0.2, 0) is 0 Å². The highest BCUT2D eigenvalue weighted by Gasteiger charge is 2.15. The van der Waals surface area contributed by atoms with E-state index in [1.165, 1.54) is 18.2 Å². The lowest BCUT2D eigenvalue weighted by Crippen LogP contribution is -2.00. The Kier molecular flexibility index (Phi) is 3.72. The lowest BCUT2D eigenvalue weighted by Gasteiger charge is -2.08. The van der Waals surface area contributed by atoms with Crippen LogP contribution in [-0.4, -0.2) is 22.2 Å². The standard InChI is InChI=1S/C14H8ClFO4/c15-11-3-1-7(13(17)18)5-9(11)10-6-8(14(19)20)2-4-12(10)16/h1-6H,(H,17,18)(H,19,20). The number of aromatic carboxylic acids is 2. The first-order valence-electron chi connectivity index (χ1n) is 5.46. The normalized spacial score (nSPS) is 10.3. The van der Waals surface area contributed by atoms with Crippen molar-refractivity contribution in [2.24, 2.45) is 0 Å². The molecule has 0 bridgehead atoms. The predicted octanol–water partition coefficient (Wildman–Crippen LogP) is 3.54. The highest BCUT2D eigenvalue weighted by Crippen LogP contribution is 2.31. The molecule has 102 valence electrons. The Morgan fingerprint density at radius 2 is 1.40 bits per heavy atom. The first-order chi connectivity index (χ1) is 9.40. The van der Waals surface area contributed by atoms with Crippen molar-refractivity contribution in [1.82, 2.24) is 0 Å². The Morgan fingerprint density at radius 3 is 1.95 bits per heavy atom. The molecule has 0 aliphatic heterocycles. The molecule has 0 aromatic heterocycles. The minimum absolute atomic E-state index is 0.0574. The van der Waals surface area contributed by atoms with Crippen LogP contribution in [0.15, 0.2) is 36.4 Å². The largest absolute Gasteiger partial charge is 0.478 e. The zero-order valence-corrected chi connectivity index (χ0v) is 10.7. The summed E-state index contributed by atoms with van der Waals surface area (Å²) in [5.74, 6) is -3.08. The molecule has 0 saturated heterocycles. The molecule has 0 heterocycles. The molecular formula is C14H8ClFO4. The van der Waals surface area contributed by atoms with Gasteiger partial charge < -0.3 is 10.2 Å². The van der Waals surface area contributed by atoms with E-state index >= 15 is 0 Å². The average Bonchev–Trinajstić information content (AvgIpc) is 2.39. The number of hydrogen-bond acceptors (Lipinski definition) is 2. The quantitative estimate of drug-likeness (QED) is 0.908. The molecule has 4 nitrogen and oxygen atoms in total. The molecule has 2 aromatic rings. The predicted molar refractivity (Wildman–Crippen MR) is 70.8 cm³/mol. The molecule has 0 saturated carbocycles. The zero-order valence-electron chi connectivity index (χ0n) is 9.93. The van der Waals surface area contributed by atoms with Crippen LogP contribution in [0, 0.1) is 5.82 Å². The van der Waals surface area contributed by atoms with E-state index in [4.69, 9.17) is 21.8 Å². The van der Waals surface area contributed by atoms with Gasteiger partial charge in [-0.3, -0.25) is 0 Å². The Balaban J connectivity index is 2.67. The second-order valence-electron chi connectivity index (χ2n) is 4.00. The molecule has 0 spiro atoms. The summed E-state index contributed by atoms with van der Waals surface area (Å²) in [6.45, 7) is 0. The summed E-state index contributed by atoms with van der Waals surface area (Å²) in [6, 6.07) is 7.05. The Morgan fingerprint density at radius 1 is 0.900 bits per heavy atom. The molecule has 0 fully saturated rings. The van der Waals surface area contributed by atoms with Gasteiger partial charge in [-0.05, 0) is 36.4 Å². The van der Waals surface area contributed by atoms with Crippen LogP contribution in [0.25, 0.3) is 11.1 Å². The lowest BCUT2D eigenvalue weighted by atomic mass is 10.0. The SMILES string of the molecule is O=C(O)c1ccc(F)c(-c2cc(C(=O)O)ccc2Cl)c1. The molecule has 0 radical (unpaired) electrons. The summed E-state index contributed by atoms with van der Waals surface area (Å²) in [7, 11) is 0. The van der Waals surface area contributed by atoms with Crippen LogP contribution >= 0.6 is 11.6 Å². The summed E-state index contributed by atoms with van der Waals surface area (Å²) in [4.78, 5) is 21.8. The van der Waals surface area contributed by atoms with Gasteiger partial charge in [-0.2, -0.15) is 0 Å². The van der Waals surface area contributed by atoms with E-state index in [2.05, 4.69) is 0 Å². The summed E-state index contributed by atoms with van der Waals surface area (Å²) in [5, 5.41) is 18.0. The van der Waals surface area contributed by atoms with E-state index in [1.807, 2.05) is 0 Å². The maximum atomic E-state index is 13.8. The van der Waals surface area contributed by atoms with Crippen molar-refractivity contribution in [3.8, 4) is 11.1 Å². The number of carboxylic acids is 2. The van der Waals surface area contributed by atoms with Gasteiger partial charge in [0.2, 0.25) is 0 Å². The first-order valence-corrected chi connectivity index (χ1v) is 5.84. The molecule has 0 amide bonds. The van der Waals surface area contributed by atoms with Crippen molar-refractivity contribution in [2.45, 2.75) is 0 Å². The number of hydrogen-bond donors (Lipinski definition) is 2. The third kappa shape index (κ3) is 2.62. The van der Waals surface area contributed by atoms with Crippen LogP contribution in [0.4, 0.5) is 4.39 Å². The number of halogens is 2. The van der Waals surface area contributed by atoms with Crippen molar-refractivity contribution >= 4 is 23.5 Å². The van der Waals surface area contributed by atoms with Crippen LogP contribution in [0.1, 0.15) is 20.7 Å². The second kappa shape index (κ2) is 5.30. The van der Waals surface area contributed by atoms with Crippen LogP contribution in [0.5, 0.6) is 0 Å². The molecule has 2 rings (SSSR count). The van der Waals surface area contributed by atoms with Crippen LogP contribution < -0.4 is 0 Å². The topological polar surface area (TPSA) is 74.6 Å². The van der Waals surface area contributed by atoms with Crippen molar-refractivity contribution < 1.29 is 24.2 Å². The number of carboxylic acid groups (broad SMARTS) is 2. The fraction of sp³-hybridized carbons (Fsp3) is 0. The van der Waals surface area contributed by atoms with Gasteiger partial charge in [0, 0.05) is 16.1 Å². The van der Waals surface area contributed by atoms with E-state index in [-0.39, 0.29) is 27.3 Å². The van der Waals surface area contributed by atoms with Crippen molar-refractivity contribution in [2.75, 3.05) is 0 Å². The minimum Gasteiger partial charge on any atom is -0.478 e. The second-order valence-corrected chi connectivity index (χ2v) is 4.41. The maximum absolute atomic E-state index is 13.8. The van der Waals surface area contributed by atoms with Crippen molar-refractivity contribution in [3.63, 3.8) is 0 Å². The molecular weight excluding hydrogens is 287 g/mol. The van der Waals surface area contributed by atoms with Gasteiger partial charge >= 0.3 is 11.9 Å². The Bertz CT molecular complexity index is 651. The van der Waals surface area contributed by atoms with Gasteiger partial charge in [0.1, 0.15) is 5.82 Å². The molecule has 0 aliphatic rings. The first kappa shape index (κ1) is 14.0. The van der Waals surface area contributed by atoms with Gasteiger partial charge in [-0.25, -0.2) is 14.0 Å². The number of benzene rings is 2. The highest BCUT2D eigenvalue weighted by atomic mass is 35.5. The maximum Gasteiger partial charge on any atom is 0.335 e.